The normalized spacial score (nSPS) is 17.8. The number of aromatic nitrogens is 3. The Morgan fingerprint density at radius 2 is 0.583 bits per heavy atom. The number of hydrogen-bond acceptors (Lipinski definition) is 6. The van der Waals surface area contributed by atoms with E-state index in [2.05, 4.69) is 101 Å². The summed E-state index contributed by atoms with van der Waals surface area (Å²) in [5.74, 6) is 0. The van der Waals surface area contributed by atoms with Crippen LogP contribution in [0.4, 0.5) is 0 Å². The minimum absolute atomic E-state index is 0.679. The maximum absolute atomic E-state index is 6.50. The van der Waals surface area contributed by atoms with Crippen molar-refractivity contribution in [2.45, 2.75) is 77.4 Å². The van der Waals surface area contributed by atoms with Gasteiger partial charge in [0.2, 0.25) is 0 Å². The first-order valence-corrected chi connectivity index (χ1v) is 23.6. The summed E-state index contributed by atoms with van der Waals surface area (Å²) in [6.07, 6.45) is 11.9. The van der Waals surface area contributed by atoms with Crippen molar-refractivity contribution in [3.63, 3.8) is 0 Å². The minimum atomic E-state index is 0.679. The molecule has 0 saturated carbocycles. The summed E-state index contributed by atoms with van der Waals surface area (Å²) in [6, 6.07) is 27.3. The molecule has 6 heterocycles. The molecule has 4 aromatic carbocycles. The van der Waals surface area contributed by atoms with Crippen molar-refractivity contribution in [1.82, 2.24) is 28.4 Å². The molecule has 3 fully saturated rings. The summed E-state index contributed by atoms with van der Waals surface area (Å²) >= 11 is 0. The van der Waals surface area contributed by atoms with Crippen LogP contribution in [-0.2, 0) is 33.8 Å². The van der Waals surface area contributed by atoms with Gasteiger partial charge in [-0.05, 0) is 96.0 Å². The Hall–Kier alpha value is -3.96. The monoisotopic (exact) mass is 811 g/mol. The number of likely N-dealkylation sites (tertiary alicyclic amines) is 3. The second-order valence-electron chi connectivity index (χ2n) is 17.7. The van der Waals surface area contributed by atoms with Crippen LogP contribution in [0.3, 0.4) is 0 Å². The first kappa shape index (κ1) is 40.1. The predicted octanol–water partition coefficient (Wildman–Crippen LogP) is 9.52. The zero-order chi connectivity index (χ0) is 40.1. The first-order valence-electron chi connectivity index (χ1n) is 23.6. The van der Waals surface area contributed by atoms with Crippen molar-refractivity contribution in [2.24, 2.45) is 0 Å². The van der Waals surface area contributed by atoms with E-state index < -0.39 is 0 Å². The number of para-hydroxylation sites is 3. The molecule has 3 aliphatic rings. The van der Waals surface area contributed by atoms with Gasteiger partial charge in [-0.25, -0.2) is 0 Å². The van der Waals surface area contributed by atoms with Gasteiger partial charge in [0.25, 0.3) is 0 Å². The lowest BCUT2D eigenvalue weighted by atomic mass is 10.0. The third kappa shape index (κ3) is 8.10. The van der Waals surface area contributed by atoms with Crippen LogP contribution in [0.2, 0.25) is 0 Å². The Bertz CT molecular complexity index is 2210. The van der Waals surface area contributed by atoms with Gasteiger partial charge in [-0.1, -0.05) is 73.9 Å². The van der Waals surface area contributed by atoms with Gasteiger partial charge >= 0.3 is 0 Å². The maximum atomic E-state index is 6.50. The molecule has 9 heteroatoms. The number of fused-ring (bicyclic) bond motifs is 12. The Morgan fingerprint density at radius 3 is 0.883 bits per heavy atom. The van der Waals surface area contributed by atoms with Gasteiger partial charge in [-0.15, -0.1) is 0 Å². The molecular formula is C51H66N6O3. The smallest absolute Gasteiger partial charge is 0.0646 e. The van der Waals surface area contributed by atoms with Crippen LogP contribution in [0.25, 0.3) is 65.4 Å². The summed E-state index contributed by atoms with van der Waals surface area (Å²) in [6.45, 7) is 17.0. The van der Waals surface area contributed by atoms with E-state index in [1.54, 1.807) is 0 Å². The van der Waals surface area contributed by atoms with Crippen LogP contribution < -0.4 is 0 Å². The second kappa shape index (κ2) is 19.0. The molecule has 0 amide bonds. The highest BCUT2D eigenvalue weighted by atomic mass is 16.5. The maximum Gasteiger partial charge on any atom is 0.0646 e. The van der Waals surface area contributed by atoms with Gasteiger partial charge in [0.05, 0.1) is 56.2 Å². The Balaban J connectivity index is 1.08. The third-order valence-electron chi connectivity index (χ3n) is 14.0. The topological polar surface area (TPSA) is 52.2 Å². The number of benzene rings is 4. The summed E-state index contributed by atoms with van der Waals surface area (Å²) < 4.78 is 27.3. The first-order chi connectivity index (χ1) is 29.8. The van der Waals surface area contributed by atoms with Crippen LogP contribution in [0.5, 0.6) is 0 Å². The van der Waals surface area contributed by atoms with Gasteiger partial charge in [0.15, 0.2) is 0 Å². The van der Waals surface area contributed by atoms with E-state index in [4.69, 9.17) is 14.2 Å². The molecule has 0 N–H and O–H groups in total. The SMILES string of the molecule is c1ccc2c(c1)c1c(c3c4ccccc4n(CCOCCN4CCCCC4)c3c3c4ccccc4n(CCOCCN4CCCCC4)c13)n2CCOCCN1CCCCC1. The number of piperidine rings is 3. The van der Waals surface area contributed by atoms with Gasteiger partial charge in [0.1, 0.15) is 0 Å². The fourth-order valence-corrected chi connectivity index (χ4v) is 11.0. The lowest BCUT2D eigenvalue weighted by molar-refractivity contribution is 0.0924. The molecule has 3 aliphatic heterocycles. The lowest BCUT2D eigenvalue weighted by Gasteiger charge is -2.26. The van der Waals surface area contributed by atoms with Gasteiger partial charge in [0, 0.05) is 88.1 Å². The van der Waals surface area contributed by atoms with Crippen LogP contribution >= 0.6 is 0 Å². The minimum Gasteiger partial charge on any atom is -0.378 e. The number of hydrogen-bond donors (Lipinski definition) is 0. The van der Waals surface area contributed by atoms with E-state index in [1.165, 1.54) is 162 Å². The fraction of sp³-hybridized carbons (Fsp3) is 0.529. The average Bonchev–Trinajstić information content (AvgIpc) is 3.92. The Morgan fingerprint density at radius 1 is 0.317 bits per heavy atom. The average molecular weight is 811 g/mol. The molecule has 0 atom stereocenters. The van der Waals surface area contributed by atoms with E-state index in [0.717, 1.165) is 59.1 Å². The second-order valence-corrected chi connectivity index (χ2v) is 17.7. The van der Waals surface area contributed by atoms with Crippen molar-refractivity contribution in [3.05, 3.63) is 72.8 Å². The summed E-state index contributed by atoms with van der Waals surface area (Å²) in [5.41, 5.74) is 7.76. The molecule has 9 nitrogen and oxygen atoms in total. The van der Waals surface area contributed by atoms with Gasteiger partial charge in [-0.3, -0.25) is 0 Å². The molecule has 10 rings (SSSR count). The highest BCUT2D eigenvalue weighted by molar-refractivity contribution is 6.39. The van der Waals surface area contributed by atoms with Gasteiger partial charge < -0.3 is 42.6 Å². The molecule has 0 radical (unpaired) electrons. The van der Waals surface area contributed by atoms with E-state index in [1.807, 2.05) is 0 Å². The number of rotatable bonds is 18. The van der Waals surface area contributed by atoms with E-state index in [0.29, 0.717) is 19.8 Å². The van der Waals surface area contributed by atoms with Crippen molar-refractivity contribution >= 4 is 65.4 Å². The lowest BCUT2D eigenvalue weighted by Crippen LogP contribution is -2.32. The van der Waals surface area contributed by atoms with E-state index >= 15 is 0 Å². The van der Waals surface area contributed by atoms with Crippen molar-refractivity contribution in [1.29, 1.82) is 0 Å². The molecule has 60 heavy (non-hydrogen) atoms. The van der Waals surface area contributed by atoms with Crippen LogP contribution in [-0.4, -0.2) is 127 Å². The Labute approximate surface area is 355 Å². The van der Waals surface area contributed by atoms with Crippen molar-refractivity contribution < 1.29 is 14.2 Å². The van der Waals surface area contributed by atoms with Crippen molar-refractivity contribution in [3.8, 4) is 0 Å². The Kier molecular flexibility index (Phi) is 12.7. The largest absolute Gasteiger partial charge is 0.378 e. The molecule has 0 bridgehead atoms. The molecule has 3 saturated heterocycles. The highest BCUT2D eigenvalue weighted by Crippen LogP contribution is 2.48. The zero-order valence-corrected chi connectivity index (χ0v) is 35.9. The molecular weight excluding hydrogens is 745 g/mol. The van der Waals surface area contributed by atoms with Crippen LogP contribution in [0.15, 0.2) is 72.8 Å². The van der Waals surface area contributed by atoms with Gasteiger partial charge in [-0.2, -0.15) is 0 Å². The summed E-state index contributed by atoms with van der Waals surface area (Å²) in [7, 11) is 0. The quantitative estimate of drug-likeness (QED) is 0.0806. The van der Waals surface area contributed by atoms with E-state index in [-0.39, 0.29) is 0 Å². The number of ether oxygens (including phenoxy) is 3. The standard InChI is InChI=1S/C51H66N6O3/c1-10-22-52(23-11-1)28-34-58-37-31-55-43-19-7-4-16-40(43)46-49(55)47-41-17-5-8-20-44(41)56(32-38-59-35-29-53-24-12-2-13-25-53)51(47)48-42-18-6-9-21-45(42)57(50(46)48)33-39-60-36-30-54-26-14-3-15-27-54/h4-9,16-21H,1-3,10-15,22-39H2. The summed E-state index contributed by atoms with van der Waals surface area (Å²) in [5, 5.41) is 7.94. The zero-order valence-electron chi connectivity index (χ0n) is 35.9. The van der Waals surface area contributed by atoms with Crippen LogP contribution in [0, 0.1) is 0 Å². The third-order valence-corrected chi connectivity index (χ3v) is 14.0. The molecule has 0 unspecified atom stereocenters. The van der Waals surface area contributed by atoms with Crippen LogP contribution in [0.1, 0.15) is 57.8 Å². The molecule has 3 aromatic heterocycles. The van der Waals surface area contributed by atoms with Crippen molar-refractivity contribution in [2.75, 3.05) is 98.5 Å². The fourth-order valence-electron chi connectivity index (χ4n) is 11.0. The predicted molar refractivity (Wildman–Crippen MR) is 249 cm³/mol. The molecule has 0 spiro atoms. The molecule has 7 aromatic rings. The van der Waals surface area contributed by atoms with E-state index in [9.17, 15) is 0 Å². The summed E-state index contributed by atoms with van der Waals surface area (Å²) in [4.78, 5) is 7.73. The number of nitrogens with zero attached hydrogens (tertiary/aromatic N) is 6. The molecule has 318 valence electrons. The highest BCUT2D eigenvalue weighted by Gasteiger charge is 2.27. The molecule has 0 aliphatic carbocycles.